The lowest BCUT2D eigenvalue weighted by atomic mass is 9.79. The van der Waals surface area contributed by atoms with E-state index in [1.807, 2.05) is 20.8 Å². The lowest BCUT2D eigenvalue weighted by Crippen LogP contribution is -2.51. The van der Waals surface area contributed by atoms with Gasteiger partial charge < -0.3 is 20.3 Å². The lowest BCUT2D eigenvalue weighted by Gasteiger charge is -2.40. The van der Waals surface area contributed by atoms with Crippen molar-refractivity contribution < 1.29 is 9.53 Å². The van der Waals surface area contributed by atoms with E-state index in [0.717, 1.165) is 6.54 Å². The third-order valence-electron chi connectivity index (χ3n) is 4.36. The Morgan fingerprint density at radius 1 is 1.19 bits per heavy atom. The van der Waals surface area contributed by atoms with Gasteiger partial charge in [0.05, 0.1) is 0 Å². The Hall–Kier alpha value is -0.810. The van der Waals surface area contributed by atoms with Gasteiger partial charge in [-0.3, -0.25) is 0 Å². The number of hydrogen-bond donors (Lipinski definition) is 2. The number of alkyl carbamates (subject to hydrolysis) is 1. The highest BCUT2D eigenvalue weighted by molar-refractivity contribution is 5.67. The number of hydrogen-bond acceptors (Lipinski definition) is 4. The normalized spacial score (nSPS) is 28.0. The van der Waals surface area contributed by atoms with Gasteiger partial charge in [0, 0.05) is 18.6 Å². The number of ether oxygens (including phenoxy) is 1. The summed E-state index contributed by atoms with van der Waals surface area (Å²) in [7, 11) is 2.19. The van der Waals surface area contributed by atoms with E-state index < -0.39 is 5.60 Å². The summed E-state index contributed by atoms with van der Waals surface area (Å²) < 4.78 is 5.24. The van der Waals surface area contributed by atoms with Crippen LogP contribution in [-0.2, 0) is 4.74 Å². The largest absolute Gasteiger partial charge is 0.444 e. The van der Waals surface area contributed by atoms with Crippen LogP contribution in [0.3, 0.4) is 0 Å². The predicted octanol–water partition coefficient (Wildman–Crippen LogP) is 1.97. The number of piperidine rings is 1. The Labute approximate surface area is 128 Å². The van der Waals surface area contributed by atoms with Crippen LogP contribution in [0.4, 0.5) is 4.79 Å². The van der Waals surface area contributed by atoms with Gasteiger partial charge in [-0.1, -0.05) is 0 Å². The maximum Gasteiger partial charge on any atom is 0.407 e. The van der Waals surface area contributed by atoms with Crippen molar-refractivity contribution in [3.63, 3.8) is 0 Å². The van der Waals surface area contributed by atoms with Crippen molar-refractivity contribution in [1.29, 1.82) is 0 Å². The molecule has 5 heteroatoms. The van der Waals surface area contributed by atoms with Crippen molar-refractivity contribution in [2.45, 2.75) is 64.1 Å². The van der Waals surface area contributed by atoms with Gasteiger partial charge >= 0.3 is 6.09 Å². The first-order chi connectivity index (χ1) is 9.82. The Bertz CT molecular complexity index is 340. The number of nitrogens with one attached hydrogen (secondary N) is 2. The van der Waals surface area contributed by atoms with Crippen LogP contribution < -0.4 is 10.6 Å². The number of nitrogens with zero attached hydrogens (tertiary/aromatic N) is 1. The van der Waals surface area contributed by atoms with Crippen LogP contribution in [0.5, 0.6) is 0 Å². The number of rotatable bonds is 4. The second-order valence-electron chi connectivity index (χ2n) is 7.66. The van der Waals surface area contributed by atoms with Crippen molar-refractivity contribution >= 4 is 6.09 Å². The maximum atomic E-state index is 11.6. The number of carbonyl (C=O) groups excluding carboxylic acids is 1. The summed E-state index contributed by atoms with van der Waals surface area (Å²) in [5.41, 5.74) is -0.415. The van der Waals surface area contributed by atoms with Gasteiger partial charge in [0.25, 0.3) is 0 Å². The molecule has 5 nitrogen and oxygen atoms in total. The third kappa shape index (κ3) is 5.83. The monoisotopic (exact) mass is 297 g/mol. The van der Waals surface area contributed by atoms with Gasteiger partial charge in [-0.25, -0.2) is 4.79 Å². The molecule has 2 fully saturated rings. The van der Waals surface area contributed by atoms with Crippen LogP contribution in [0.1, 0.15) is 46.5 Å². The third-order valence-corrected chi connectivity index (χ3v) is 4.36. The Morgan fingerprint density at radius 2 is 1.81 bits per heavy atom. The molecule has 1 saturated heterocycles. The van der Waals surface area contributed by atoms with Gasteiger partial charge in [0.1, 0.15) is 5.60 Å². The first kappa shape index (κ1) is 16.6. The minimum absolute atomic E-state index is 0.297. The Morgan fingerprint density at radius 3 is 2.38 bits per heavy atom. The molecule has 0 aromatic heterocycles. The molecule has 2 aliphatic rings. The van der Waals surface area contributed by atoms with E-state index in [1.54, 1.807) is 0 Å². The number of amides is 1. The zero-order chi connectivity index (χ0) is 15.5. The summed E-state index contributed by atoms with van der Waals surface area (Å²) in [4.78, 5) is 14.0. The minimum Gasteiger partial charge on any atom is -0.444 e. The van der Waals surface area contributed by atoms with Crippen LogP contribution in [0.25, 0.3) is 0 Å². The average molecular weight is 297 g/mol. The second kappa shape index (κ2) is 6.97. The fourth-order valence-electron chi connectivity index (χ4n) is 3.09. The van der Waals surface area contributed by atoms with Gasteiger partial charge in [-0.05, 0) is 72.5 Å². The van der Waals surface area contributed by atoms with Crippen molar-refractivity contribution in [2.24, 2.45) is 5.92 Å². The van der Waals surface area contributed by atoms with E-state index in [1.165, 1.54) is 38.8 Å². The molecule has 2 rings (SSSR count). The van der Waals surface area contributed by atoms with Crippen molar-refractivity contribution in [2.75, 3.05) is 26.7 Å². The zero-order valence-electron chi connectivity index (χ0n) is 13.9. The van der Waals surface area contributed by atoms with Crippen LogP contribution in [0.15, 0.2) is 0 Å². The predicted molar refractivity (Wildman–Crippen MR) is 84.4 cm³/mol. The fourth-order valence-corrected chi connectivity index (χ4v) is 3.09. The molecule has 1 aliphatic carbocycles. The van der Waals surface area contributed by atoms with Gasteiger partial charge in [0.2, 0.25) is 0 Å². The standard InChI is InChI=1S/C16H31N3O2/c1-16(2,3)21-15(20)17-11-12-9-14(10-12)18-13-5-7-19(4)8-6-13/h12-14,18H,5-11H2,1-4H3,(H,17,20). The van der Waals surface area contributed by atoms with E-state index >= 15 is 0 Å². The molecule has 0 bridgehead atoms. The fraction of sp³-hybridized carbons (Fsp3) is 0.938. The highest BCUT2D eigenvalue weighted by Gasteiger charge is 2.31. The molecule has 21 heavy (non-hydrogen) atoms. The topological polar surface area (TPSA) is 53.6 Å². The average Bonchev–Trinajstić information content (AvgIpc) is 2.32. The summed E-state index contributed by atoms with van der Waals surface area (Å²) in [5.74, 6) is 0.598. The Kier molecular flexibility index (Phi) is 5.49. The molecular formula is C16H31N3O2. The molecule has 1 heterocycles. The molecule has 0 spiro atoms. The Balaban J connectivity index is 1.54. The highest BCUT2D eigenvalue weighted by Crippen LogP contribution is 2.28. The summed E-state index contributed by atoms with van der Waals surface area (Å²) >= 11 is 0. The van der Waals surface area contributed by atoms with Crippen LogP contribution in [0, 0.1) is 5.92 Å². The summed E-state index contributed by atoms with van der Waals surface area (Å²) in [5, 5.41) is 6.64. The quantitative estimate of drug-likeness (QED) is 0.833. The first-order valence-corrected chi connectivity index (χ1v) is 8.23. The summed E-state index contributed by atoms with van der Waals surface area (Å²) in [6.07, 6.45) is 4.56. The van der Waals surface area contributed by atoms with Gasteiger partial charge in [0.15, 0.2) is 0 Å². The smallest absolute Gasteiger partial charge is 0.407 e. The molecule has 1 amide bonds. The molecule has 2 N–H and O–H groups in total. The SMILES string of the molecule is CN1CCC(NC2CC(CNC(=O)OC(C)(C)C)C2)CC1. The van der Waals surface area contributed by atoms with Crippen LogP contribution in [0.2, 0.25) is 0 Å². The molecular weight excluding hydrogens is 266 g/mol. The van der Waals surface area contributed by atoms with Crippen LogP contribution in [-0.4, -0.2) is 55.4 Å². The van der Waals surface area contributed by atoms with Crippen molar-refractivity contribution in [3.05, 3.63) is 0 Å². The van der Waals surface area contributed by atoms with E-state index in [0.29, 0.717) is 18.0 Å². The van der Waals surface area contributed by atoms with Crippen molar-refractivity contribution in [3.8, 4) is 0 Å². The number of carbonyl (C=O) groups is 1. The van der Waals surface area contributed by atoms with E-state index in [9.17, 15) is 4.79 Å². The molecule has 0 atom stereocenters. The van der Waals surface area contributed by atoms with Gasteiger partial charge in [-0.2, -0.15) is 0 Å². The van der Waals surface area contributed by atoms with Crippen molar-refractivity contribution in [1.82, 2.24) is 15.5 Å². The maximum absolute atomic E-state index is 11.6. The molecule has 122 valence electrons. The summed E-state index contributed by atoms with van der Waals surface area (Å²) in [6.45, 7) is 8.80. The molecule has 0 aromatic carbocycles. The summed E-state index contributed by atoms with van der Waals surface area (Å²) in [6, 6.07) is 1.33. The zero-order valence-corrected chi connectivity index (χ0v) is 13.9. The van der Waals surface area contributed by atoms with E-state index in [2.05, 4.69) is 22.6 Å². The lowest BCUT2D eigenvalue weighted by molar-refractivity contribution is 0.0501. The van der Waals surface area contributed by atoms with Crippen LogP contribution >= 0.6 is 0 Å². The molecule has 0 unspecified atom stereocenters. The second-order valence-corrected chi connectivity index (χ2v) is 7.66. The molecule has 1 aliphatic heterocycles. The molecule has 1 saturated carbocycles. The minimum atomic E-state index is -0.415. The highest BCUT2D eigenvalue weighted by atomic mass is 16.6. The first-order valence-electron chi connectivity index (χ1n) is 8.23. The molecule has 0 radical (unpaired) electrons. The number of likely N-dealkylation sites (tertiary alicyclic amines) is 1. The van der Waals surface area contributed by atoms with E-state index in [-0.39, 0.29) is 6.09 Å². The molecule has 0 aromatic rings. The van der Waals surface area contributed by atoms with E-state index in [4.69, 9.17) is 4.74 Å². The van der Waals surface area contributed by atoms with Gasteiger partial charge in [-0.15, -0.1) is 0 Å².